The van der Waals surface area contributed by atoms with Crippen LogP contribution in [0.2, 0.25) is 0 Å². The van der Waals surface area contributed by atoms with Crippen LogP contribution in [0.3, 0.4) is 0 Å². The molecule has 0 saturated heterocycles. The minimum absolute atomic E-state index is 0.208. The zero-order valence-electron chi connectivity index (χ0n) is 17.1. The van der Waals surface area contributed by atoms with Gasteiger partial charge in [-0.15, -0.1) is 0 Å². The van der Waals surface area contributed by atoms with E-state index in [1.54, 1.807) is 12.1 Å². The molecule has 0 amide bonds. The van der Waals surface area contributed by atoms with Crippen molar-refractivity contribution in [3.05, 3.63) is 59.7 Å². The van der Waals surface area contributed by atoms with Crippen LogP contribution in [0.25, 0.3) is 43.5 Å². The molecule has 2 N–H and O–H groups in total. The van der Waals surface area contributed by atoms with E-state index in [2.05, 4.69) is 39.8 Å². The fourth-order valence-corrected chi connectivity index (χ4v) is 4.65. The highest BCUT2D eigenvalue weighted by Crippen LogP contribution is 2.41. The van der Waals surface area contributed by atoms with Crippen molar-refractivity contribution >= 4 is 43.5 Å². The molecule has 0 unspecified atom stereocenters. The van der Waals surface area contributed by atoms with Gasteiger partial charge in [-0.1, -0.05) is 39.8 Å². The first-order valence-corrected chi connectivity index (χ1v) is 10.1. The van der Waals surface area contributed by atoms with Crippen molar-refractivity contribution in [2.45, 2.75) is 39.5 Å². The van der Waals surface area contributed by atoms with E-state index in [1.807, 2.05) is 24.3 Å². The van der Waals surface area contributed by atoms with Crippen molar-refractivity contribution in [3.8, 4) is 11.5 Å². The summed E-state index contributed by atoms with van der Waals surface area (Å²) >= 11 is 0. The third kappa shape index (κ3) is 2.57. The summed E-state index contributed by atoms with van der Waals surface area (Å²) in [6, 6.07) is 15.9. The number of fused-ring (bicyclic) bond motifs is 5. The highest BCUT2D eigenvalue weighted by Gasteiger charge is 2.17. The Labute approximate surface area is 169 Å². The summed E-state index contributed by atoms with van der Waals surface area (Å²) in [7, 11) is 0. The molecule has 0 bridgehead atoms. The minimum atomic E-state index is 0.208. The number of benzene rings is 4. The number of aromatic hydroxyl groups is 2. The van der Waals surface area contributed by atoms with Gasteiger partial charge in [0.25, 0.3) is 0 Å². The Hall–Kier alpha value is -3.20. The van der Waals surface area contributed by atoms with E-state index in [4.69, 9.17) is 4.42 Å². The number of rotatable bonds is 2. The van der Waals surface area contributed by atoms with E-state index in [0.717, 1.165) is 54.6 Å². The molecule has 4 aromatic carbocycles. The topological polar surface area (TPSA) is 53.6 Å². The normalized spacial score (nSPS) is 12.3. The van der Waals surface area contributed by atoms with Gasteiger partial charge in [0, 0.05) is 21.9 Å². The Kier molecular flexibility index (Phi) is 3.79. The third-order valence-corrected chi connectivity index (χ3v) is 5.94. The van der Waals surface area contributed by atoms with E-state index in [9.17, 15) is 10.2 Å². The molecule has 0 aliphatic rings. The Bertz CT molecular complexity index is 1310. The summed E-state index contributed by atoms with van der Waals surface area (Å²) in [5.41, 5.74) is 3.51. The van der Waals surface area contributed by atoms with Gasteiger partial charge in [-0.2, -0.15) is 0 Å². The number of phenolic OH excluding ortho intramolecular Hbond substituents is 2. The summed E-state index contributed by atoms with van der Waals surface area (Å²) < 4.78 is 6.25. The molecule has 3 nitrogen and oxygen atoms in total. The van der Waals surface area contributed by atoms with Crippen LogP contribution in [0.5, 0.6) is 11.5 Å². The van der Waals surface area contributed by atoms with E-state index >= 15 is 0 Å². The van der Waals surface area contributed by atoms with Gasteiger partial charge in [-0.05, 0) is 69.8 Å². The van der Waals surface area contributed by atoms with E-state index in [0.29, 0.717) is 11.5 Å². The fraction of sp³-hybridized carbons (Fsp3) is 0.231. The predicted octanol–water partition coefficient (Wildman–Crippen LogP) is 7.55. The van der Waals surface area contributed by atoms with Crippen molar-refractivity contribution < 1.29 is 14.6 Å². The molecule has 0 atom stereocenters. The van der Waals surface area contributed by atoms with Crippen LogP contribution in [0.15, 0.2) is 52.9 Å². The molecule has 3 heteroatoms. The van der Waals surface area contributed by atoms with Gasteiger partial charge in [0.2, 0.25) is 0 Å². The molecule has 1 heterocycles. The molecule has 29 heavy (non-hydrogen) atoms. The lowest BCUT2D eigenvalue weighted by Crippen LogP contribution is -1.91. The Morgan fingerprint density at radius 3 is 1.38 bits per heavy atom. The van der Waals surface area contributed by atoms with Crippen molar-refractivity contribution in [1.82, 2.24) is 0 Å². The lowest BCUT2D eigenvalue weighted by molar-refractivity contribution is 0.466. The van der Waals surface area contributed by atoms with Crippen LogP contribution in [-0.2, 0) is 0 Å². The molecule has 0 aliphatic carbocycles. The standard InChI is InChI=1S/C26H24O3/c1-13(2)25-17-11-23-19(9-15(17)5-7-21(25)27)20-10-16-6-8-22(28)26(14(3)4)18(16)12-24(20)29-23/h5-14,27-28H,1-4H3. The number of hydrogen-bond acceptors (Lipinski definition) is 3. The summed E-state index contributed by atoms with van der Waals surface area (Å²) in [6.07, 6.45) is 0. The Morgan fingerprint density at radius 1 is 0.586 bits per heavy atom. The van der Waals surface area contributed by atoms with Gasteiger partial charge in [-0.3, -0.25) is 0 Å². The molecule has 0 spiro atoms. The minimum Gasteiger partial charge on any atom is -0.508 e. The first-order chi connectivity index (χ1) is 13.8. The molecule has 0 saturated carbocycles. The molecule has 0 fully saturated rings. The first-order valence-electron chi connectivity index (χ1n) is 10.1. The molecule has 5 rings (SSSR count). The SMILES string of the molecule is CC(C)c1c(O)ccc2cc3c(cc12)oc1cc2c(C(C)C)c(O)ccc2cc13. The van der Waals surface area contributed by atoms with E-state index < -0.39 is 0 Å². The van der Waals surface area contributed by atoms with Crippen LogP contribution in [0.1, 0.15) is 50.7 Å². The monoisotopic (exact) mass is 384 g/mol. The summed E-state index contributed by atoms with van der Waals surface area (Å²) in [5, 5.41) is 27.1. The fourth-order valence-electron chi connectivity index (χ4n) is 4.65. The second kappa shape index (κ2) is 6.15. The molecule has 1 aromatic heterocycles. The van der Waals surface area contributed by atoms with Crippen molar-refractivity contribution in [2.24, 2.45) is 0 Å². The molecular weight excluding hydrogens is 360 g/mol. The van der Waals surface area contributed by atoms with Gasteiger partial charge < -0.3 is 14.6 Å². The van der Waals surface area contributed by atoms with Gasteiger partial charge in [0.15, 0.2) is 0 Å². The lowest BCUT2D eigenvalue weighted by atomic mass is 9.92. The summed E-state index contributed by atoms with van der Waals surface area (Å²) in [6.45, 7) is 8.35. The quantitative estimate of drug-likeness (QED) is 0.330. The highest BCUT2D eigenvalue weighted by atomic mass is 16.3. The zero-order chi connectivity index (χ0) is 20.4. The van der Waals surface area contributed by atoms with Crippen LogP contribution in [0, 0.1) is 0 Å². The smallest absolute Gasteiger partial charge is 0.136 e. The van der Waals surface area contributed by atoms with Crippen LogP contribution in [0.4, 0.5) is 0 Å². The second-order valence-corrected chi connectivity index (χ2v) is 8.55. The largest absolute Gasteiger partial charge is 0.508 e. The van der Waals surface area contributed by atoms with Gasteiger partial charge in [0.05, 0.1) is 0 Å². The highest BCUT2D eigenvalue weighted by molar-refractivity contribution is 6.14. The maximum Gasteiger partial charge on any atom is 0.136 e. The Balaban J connectivity index is 1.90. The molecule has 0 radical (unpaired) electrons. The van der Waals surface area contributed by atoms with Gasteiger partial charge in [-0.25, -0.2) is 0 Å². The molecular formula is C26H24O3. The van der Waals surface area contributed by atoms with Crippen molar-refractivity contribution in [3.63, 3.8) is 0 Å². The summed E-state index contributed by atoms with van der Waals surface area (Å²) in [5.74, 6) is 1.07. The Morgan fingerprint density at radius 2 is 1.00 bits per heavy atom. The third-order valence-electron chi connectivity index (χ3n) is 5.94. The molecule has 146 valence electrons. The van der Waals surface area contributed by atoms with Crippen molar-refractivity contribution in [2.75, 3.05) is 0 Å². The predicted molar refractivity (Wildman–Crippen MR) is 120 cm³/mol. The second-order valence-electron chi connectivity index (χ2n) is 8.55. The maximum absolute atomic E-state index is 10.4. The van der Waals surface area contributed by atoms with Gasteiger partial charge in [0.1, 0.15) is 22.7 Å². The lowest BCUT2D eigenvalue weighted by Gasteiger charge is -2.12. The van der Waals surface area contributed by atoms with E-state index in [-0.39, 0.29) is 11.8 Å². The number of furan rings is 1. The van der Waals surface area contributed by atoms with Crippen molar-refractivity contribution in [1.29, 1.82) is 0 Å². The van der Waals surface area contributed by atoms with Gasteiger partial charge >= 0.3 is 0 Å². The van der Waals surface area contributed by atoms with Crippen LogP contribution in [-0.4, -0.2) is 10.2 Å². The number of hydrogen-bond donors (Lipinski definition) is 2. The van der Waals surface area contributed by atoms with Crippen LogP contribution >= 0.6 is 0 Å². The zero-order valence-corrected chi connectivity index (χ0v) is 17.1. The maximum atomic E-state index is 10.4. The average Bonchev–Trinajstić information content (AvgIpc) is 3.00. The molecule has 5 aromatic rings. The first kappa shape index (κ1) is 17.9. The summed E-state index contributed by atoms with van der Waals surface area (Å²) in [4.78, 5) is 0. The van der Waals surface area contributed by atoms with Crippen LogP contribution < -0.4 is 0 Å². The molecule has 0 aliphatic heterocycles. The van der Waals surface area contributed by atoms with E-state index in [1.165, 1.54) is 0 Å². The number of phenols is 2. The average molecular weight is 384 g/mol.